The van der Waals surface area contributed by atoms with Crippen LogP contribution in [-0.4, -0.2) is 43.9 Å². The highest BCUT2D eigenvalue weighted by Crippen LogP contribution is 2.45. The number of hydrogen-bond acceptors (Lipinski definition) is 6. The summed E-state index contributed by atoms with van der Waals surface area (Å²) in [5.74, 6) is -1.21. The number of tetrazole rings is 1. The zero-order chi connectivity index (χ0) is 32.0. The number of aliphatic carboxylic acids is 1. The monoisotopic (exact) mass is 624 g/mol. The van der Waals surface area contributed by atoms with Gasteiger partial charge in [-0.15, -0.1) is 5.10 Å². The summed E-state index contributed by atoms with van der Waals surface area (Å²) in [5.41, 5.74) is 0.205. The van der Waals surface area contributed by atoms with Crippen molar-refractivity contribution in [2.45, 2.75) is 83.4 Å². The number of aryl methyl sites for hydroxylation is 3. The predicted molar refractivity (Wildman–Crippen MR) is 150 cm³/mol. The Hall–Kier alpha value is -3.84. The first kappa shape index (κ1) is 31.6. The molecule has 0 unspecified atom stereocenters. The van der Waals surface area contributed by atoms with Crippen LogP contribution in [0.1, 0.15) is 77.9 Å². The van der Waals surface area contributed by atoms with Gasteiger partial charge in [0.25, 0.3) is 5.95 Å². The van der Waals surface area contributed by atoms with Gasteiger partial charge in [0, 0.05) is 24.8 Å². The lowest BCUT2D eigenvalue weighted by molar-refractivity contribution is -0.143. The van der Waals surface area contributed by atoms with E-state index in [9.17, 15) is 36.2 Å². The molecular weight excluding hydrogens is 590 g/mol. The maximum Gasteiger partial charge on any atom is 0.416 e. The number of rotatable bonds is 6. The molecule has 1 aromatic heterocycles. The van der Waals surface area contributed by atoms with Crippen molar-refractivity contribution in [3.8, 4) is 0 Å². The van der Waals surface area contributed by atoms with Gasteiger partial charge in [-0.2, -0.15) is 31.1 Å². The van der Waals surface area contributed by atoms with E-state index in [1.165, 1.54) is 23.9 Å². The van der Waals surface area contributed by atoms with E-state index in [4.69, 9.17) is 0 Å². The highest BCUT2D eigenvalue weighted by atomic mass is 19.4. The van der Waals surface area contributed by atoms with Gasteiger partial charge in [0.2, 0.25) is 0 Å². The highest BCUT2D eigenvalue weighted by Gasteiger charge is 2.39. The molecule has 1 aliphatic carbocycles. The summed E-state index contributed by atoms with van der Waals surface area (Å²) >= 11 is 0. The molecule has 14 heteroatoms. The molecule has 44 heavy (non-hydrogen) atoms. The Kier molecular flexibility index (Phi) is 8.56. The first-order valence-electron chi connectivity index (χ1n) is 14.5. The first-order valence-corrected chi connectivity index (χ1v) is 14.5. The molecule has 2 heterocycles. The predicted octanol–water partition coefficient (Wildman–Crippen LogP) is 6.86. The molecular formula is C30H34F6N6O2. The fourth-order valence-electron chi connectivity index (χ4n) is 6.63. The van der Waals surface area contributed by atoms with Crippen LogP contribution in [0.2, 0.25) is 0 Å². The van der Waals surface area contributed by atoms with Gasteiger partial charge in [-0.3, -0.25) is 4.79 Å². The van der Waals surface area contributed by atoms with Crippen LogP contribution in [0, 0.1) is 19.8 Å². The summed E-state index contributed by atoms with van der Waals surface area (Å²) in [6.45, 7) is 3.37. The number of halogens is 6. The van der Waals surface area contributed by atoms with Crippen molar-refractivity contribution < 1.29 is 36.2 Å². The lowest BCUT2D eigenvalue weighted by Gasteiger charge is -2.39. The fourth-order valence-corrected chi connectivity index (χ4v) is 6.63. The van der Waals surface area contributed by atoms with Gasteiger partial charge in [0.05, 0.1) is 30.1 Å². The Morgan fingerprint density at radius 1 is 0.977 bits per heavy atom. The third kappa shape index (κ3) is 6.63. The molecule has 5 rings (SSSR count). The normalized spacial score (nSPS) is 21.1. The average molecular weight is 625 g/mol. The number of alkyl halides is 6. The molecule has 1 N–H and O–H groups in total. The van der Waals surface area contributed by atoms with Gasteiger partial charge in [0.15, 0.2) is 0 Å². The highest BCUT2D eigenvalue weighted by molar-refractivity contribution is 5.70. The van der Waals surface area contributed by atoms with Crippen LogP contribution >= 0.6 is 0 Å². The number of carbonyl (C=O) groups is 1. The number of aromatic nitrogens is 4. The first-order chi connectivity index (χ1) is 20.6. The number of benzene rings is 2. The van der Waals surface area contributed by atoms with Crippen LogP contribution in [-0.2, 0) is 30.7 Å². The van der Waals surface area contributed by atoms with Crippen LogP contribution in [0.25, 0.3) is 0 Å². The standard InChI is InChI=1S/C30H34F6N6O2/c1-17-11-19(14-21(12-17)29(31,32)33)16-42(28-37-39-40(3)38-28)25-5-4-10-41(22-8-6-20(7-9-22)27(43)44)26-15-24(30(34,35)36)18(2)13-23(25)26/h11-15,20,22,25H,4-10,16H2,1-3H3,(H,43,44)/t20?,22?,25-/m0/s1. The van der Waals surface area contributed by atoms with Crippen LogP contribution in [0.4, 0.5) is 38.0 Å². The van der Waals surface area contributed by atoms with Crippen LogP contribution < -0.4 is 9.80 Å². The van der Waals surface area contributed by atoms with Gasteiger partial charge in [-0.1, -0.05) is 22.8 Å². The third-order valence-corrected chi connectivity index (χ3v) is 8.66. The number of hydrogen-bond donors (Lipinski definition) is 1. The van der Waals surface area contributed by atoms with Gasteiger partial charge < -0.3 is 14.9 Å². The van der Waals surface area contributed by atoms with Crippen LogP contribution in [0.5, 0.6) is 0 Å². The van der Waals surface area contributed by atoms with Crippen molar-refractivity contribution >= 4 is 17.6 Å². The molecule has 8 nitrogen and oxygen atoms in total. The Labute approximate surface area is 250 Å². The second-order valence-electron chi connectivity index (χ2n) is 11.8. The van der Waals surface area contributed by atoms with Crippen molar-refractivity contribution in [2.75, 3.05) is 16.3 Å². The van der Waals surface area contributed by atoms with Crippen LogP contribution in [0.3, 0.4) is 0 Å². The number of nitrogens with zero attached hydrogens (tertiary/aromatic N) is 6. The van der Waals surface area contributed by atoms with E-state index in [0.29, 0.717) is 67.4 Å². The Balaban J connectivity index is 1.62. The molecule has 0 spiro atoms. The zero-order valence-electron chi connectivity index (χ0n) is 24.6. The number of carboxylic acid groups (broad SMARTS) is 1. The van der Waals surface area contributed by atoms with Crippen LogP contribution in [0.15, 0.2) is 30.3 Å². The van der Waals surface area contributed by atoms with Gasteiger partial charge in [-0.25, -0.2) is 0 Å². The molecule has 1 fully saturated rings. The number of anilines is 2. The number of fused-ring (bicyclic) bond motifs is 1. The van der Waals surface area contributed by atoms with E-state index in [0.717, 1.165) is 12.1 Å². The second kappa shape index (κ2) is 11.9. The zero-order valence-corrected chi connectivity index (χ0v) is 24.6. The second-order valence-corrected chi connectivity index (χ2v) is 11.8. The summed E-state index contributed by atoms with van der Waals surface area (Å²) in [6.07, 6.45) is -6.22. The SMILES string of the molecule is Cc1cc(CN(c2nnn(C)n2)[C@H]2CCCN(C3CCC(C(=O)O)CC3)c3cc(C(F)(F)F)c(C)cc32)cc(C(F)(F)F)c1. The molecule has 1 atom stereocenters. The lowest BCUT2D eigenvalue weighted by atomic mass is 9.85. The third-order valence-electron chi connectivity index (χ3n) is 8.66. The Morgan fingerprint density at radius 3 is 2.27 bits per heavy atom. The smallest absolute Gasteiger partial charge is 0.416 e. The Morgan fingerprint density at radius 2 is 1.68 bits per heavy atom. The fraction of sp³-hybridized carbons (Fsp3) is 0.533. The minimum Gasteiger partial charge on any atom is -0.481 e. The molecule has 0 saturated heterocycles. The molecule has 238 valence electrons. The summed E-state index contributed by atoms with van der Waals surface area (Å²) < 4.78 is 83.7. The maximum atomic E-state index is 14.2. The number of carboxylic acids is 1. The molecule has 1 aliphatic heterocycles. The largest absolute Gasteiger partial charge is 0.481 e. The minimum atomic E-state index is -4.60. The molecule has 0 radical (unpaired) electrons. The molecule has 1 saturated carbocycles. The quantitative estimate of drug-likeness (QED) is 0.300. The van der Waals surface area contributed by atoms with E-state index in [1.54, 1.807) is 24.9 Å². The van der Waals surface area contributed by atoms with Crippen molar-refractivity contribution in [3.05, 3.63) is 63.7 Å². The summed E-state index contributed by atoms with van der Waals surface area (Å²) in [4.78, 5) is 16.5. The molecule has 3 aromatic rings. The molecule has 2 aromatic carbocycles. The maximum absolute atomic E-state index is 14.2. The van der Waals surface area contributed by atoms with Crippen molar-refractivity contribution in [1.82, 2.24) is 20.2 Å². The summed E-state index contributed by atoms with van der Waals surface area (Å²) in [6, 6.07) is 5.73. The molecule has 2 aliphatic rings. The summed E-state index contributed by atoms with van der Waals surface area (Å²) in [7, 11) is 1.55. The van der Waals surface area contributed by atoms with Crippen molar-refractivity contribution in [2.24, 2.45) is 13.0 Å². The topological polar surface area (TPSA) is 87.4 Å². The van der Waals surface area contributed by atoms with Crippen molar-refractivity contribution in [1.29, 1.82) is 0 Å². The van der Waals surface area contributed by atoms with E-state index >= 15 is 0 Å². The Bertz CT molecular complexity index is 1510. The minimum absolute atomic E-state index is 0.0275. The van der Waals surface area contributed by atoms with Crippen molar-refractivity contribution in [3.63, 3.8) is 0 Å². The lowest BCUT2D eigenvalue weighted by Crippen LogP contribution is -2.40. The average Bonchev–Trinajstić information content (AvgIpc) is 3.28. The van der Waals surface area contributed by atoms with Gasteiger partial charge in [0.1, 0.15) is 0 Å². The molecule has 0 amide bonds. The van der Waals surface area contributed by atoms with E-state index in [-0.39, 0.29) is 24.1 Å². The van der Waals surface area contributed by atoms with Gasteiger partial charge in [-0.05, 0) is 92.5 Å². The van der Waals surface area contributed by atoms with Gasteiger partial charge >= 0.3 is 18.3 Å². The van der Waals surface area contributed by atoms with E-state index < -0.39 is 41.4 Å². The van der Waals surface area contributed by atoms with E-state index in [1.807, 2.05) is 4.90 Å². The van der Waals surface area contributed by atoms with E-state index in [2.05, 4.69) is 15.4 Å². The molecule has 0 bridgehead atoms. The summed E-state index contributed by atoms with van der Waals surface area (Å²) in [5, 5.41) is 21.9.